The number of hydrogen-bond donors (Lipinski definition) is 0. The van der Waals surface area contributed by atoms with Crippen molar-refractivity contribution in [1.29, 1.82) is 0 Å². The van der Waals surface area contributed by atoms with Gasteiger partial charge in [-0.25, -0.2) is 9.98 Å². The van der Waals surface area contributed by atoms with Crippen molar-refractivity contribution >= 4 is 34.7 Å². The number of aryl methyl sites for hydroxylation is 1. The summed E-state index contributed by atoms with van der Waals surface area (Å²) < 4.78 is 13.4. The highest BCUT2D eigenvalue weighted by atomic mass is 32.1. The van der Waals surface area contributed by atoms with Gasteiger partial charge in [-0.1, -0.05) is 29.5 Å². The summed E-state index contributed by atoms with van der Waals surface area (Å²) in [5.74, 6) is -0.597. The van der Waals surface area contributed by atoms with E-state index in [9.17, 15) is 9.59 Å². The van der Waals surface area contributed by atoms with Crippen LogP contribution in [-0.4, -0.2) is 28.4 Å². The van der Waals surface area contributed by atoms with Crippen LogP contribution in [0.4, 0.5) is 0 Å². The maximum Gasteiger partial charge on any atom is 0.317 e. The average molecular weight is 428 g/mol. The maximum atomic E-state index is 13.4. The van der Waals surface area contributed by atoms with Gasteiger partial charge in [0.05, 0.1) is 33.8 Å². The molecular weight excluding hydrogens is 410 g/mol. The largest absolute Gasteiger partial charge is 0.469 e. The van der Waals surface area contributed by atoms with Crippen LogP contribution in [0, 0.1) is 12.8 Å². The zero-order valence-corrected chi connectivity index (χ0v) is 17.5. The number of methoxy groups -OCH3 is 1. The van der Waals surface area contributed by atoms with Gasteiger partial charge in [-0.3, -0.25) is 14.2 Å². The van der Waals surface area contributed by atoms with Gasteiger partial charge in [0.25, 0.3) is 5.56 Å². The van der Waals surface area contributed by atoms with Gasteiger partial charge in [0.2, 0.25) is 5.72 Å². The maximum absolute atomic E-state index is 13.4. The van der Waals surface area contributed by atoms with Gasteiger partial charge in [0.1, 0.15) is 11.7 Å². The highest BCUT2D eigenvalue weighted by molar-refractivity contribution is 7.11. The molecule has 3 atom stereocenters. The standard InChI is InChI=1S/C20H17N3O4S2/c1-10-13(28-9-21-10)8-14-17(24)23-16-11-6-4-5-7-12(11)27-20(2,22-19(23)29-14)15(16)18(25)26-3/h4-9,15-16H,1-3H3/b14-8-. The average Bonchev–Trinajstić information content (AvgIpc) is 3.23. The molecule has 2 aliphatic heterocycles. The number of thiazole rings is 2. The van der Waals surface area contributed by atoms with Crippen LogP contribution in [0.15, 0.2) is 39.6 Å². The monoisotopic (exact) mass is 427 g/mol. The van der Waals surface area contributed by atoms with Crippen LogP contribution in [0.5, 0.6) is 5.75 Å². The predicted molar refractivity (Wildman–Crippen MR) is 109 cm³/mol. The molecule has 148 valence electrons. The molecule has 0 N–H and O–H groups in total. The first-order chi connectivity index (χ1) is 13.9. The van der Waals surface area contributed by atoms with Crippen molar-refractivity contribution < 1.29 is 14.3 Å². The number of carbonyl (C=O) groups excluding carboxylic acids is 1. The first-order valence-electron chi connectivity index (χ1n) is 9.02. The Hall–Kier alpha value is -2.78. The molecule has 29 heavy (non-hydrogen) atoms. The Morgan fingerprint density at radius 2 is 2.17 bits per heavy atom. The normalized spacial score (nSPS) is 24.9. The van der Waals surface area contributed by atoms with Gasteiger partial charge in [-0.05, 0) is 26.0 Å². The number of rotatable bonds is 2. The number of esters is 1. The zero-order chi connectivity index (χ0) is 20.3. The summed E-state index contributed by atoms with van der Waals surface area (Å²) in [6, 6.07) is 6.90. The minimum Gasteiger partial charge on any atom is -0.469 e. The number of benzene rings is 1. The molecule has 9 heteroatoms. The fourth-order valence-electron chi connectivity index (χ4n) is 4.00. The van der Waals surface area contributed by atoms with E-state index in [1.54, 1.807) is 17.0 Å². The lowest BCUT2D eigenvalue weighted by atomic mass is 9.81. The number of fused-ring (bicyclic) bond motifs is 6. The quantitative estimate of drug-likeness (QED) is 0.581. The van der Waals surface area contributed by atoms with Crippen molar-refractivity contribution in [2.24, 2.45) is 10.9 Å². The first kappa shape index (κ1) is 18.3. The van der Waals surface area contributed by atoms with Crippen LogP contribution in [0.25, 0.3) is 6.08 Å². The Labute approximate surface area is 173 Å². The summed E-state index contributed by atoms with van der Waals surface area (Å²) in [7, 11) is 1.34. The SMILES string of the molecule is COC(=O)C1C2c3ccccc3OC1(C)N=c1s/c(=C\c3scnc3C)c(=O)n12. The van der Waals surface area contributed by atoms with Crippen LogP contribution in [-0.2, 0) is 9.53 Å². The summed E-state index contributed by atoms with van der Waals surface area (Å²) in [5.41, 5.74) is 2.06. The third-order valence-electron chi connectivity index (χ3n) is 5.38. The Bertz CT molecular complexity index is 1320. The van der Waals surface area contributed by atoms with E-state index in [0.29, 0.717) is 15.1 Å². The lowest BCUT2D eigenvalue weighted by Crippen LogP contribution is -2.58. The molecular formula is C20H17N3O4S2. The second-order valence-corrected chi connectivity index (χ2v) is 9.02. The van der Waals surface area contributed by atoms with E-state index in [0.717, 1.165) is 16.1 Å². The fraction of sp³-hybridized carbons (Fsp3) is 0.300. The number of ether oxygens (including phenoxy) is 2. The Morgan fingerprint density at radius 1 is 1.38 bits per heavy atom. The molecule has 2 bridgehead atoms. The molecule has 0 aliphatic carbocycles. The van der Waals surface area contributed by atoms with E-state index in [4.69, 9.17) is 14.5 Å². The molecule has 0 spiro atoms. The van der Waals surface area contributed by atoms with Gasteiger partial charge in [-0.15, -0.1) is 11.3 Å². The molecule has 0 saturated heterocycles. The van der Waals surface area contributed by atoms with Crippen LogP contribution >= 0.6 is 22.7 Å². The first-order valence-corrected chi connectivity index (χ1v) is 10.7. The van der Waals surface area contributed by atoms with Gasteiger partial charge >= 0.3 is 5.97 Å². The molecule has 1 aromatic carbocycles. The summed E-state index contributed by atoms with van der Waals surface area (Å²) in [6.07, 6.45) is 1.84. The molecule has 7 nitrogen and oxygen atoms in total. The molecule has 4 heterocycles. The minimum absolute atomic E-state index is 0.181. The van der Waals surface area contributed by atoms with Gasteiger partial charge in [0.15, 0.2) is 4.80 Å². The van der Waals surface area contributed by atoms with Gasteiger partial charge < -0.3 is 9.47 Å². The summed E-state index contributed by atoms with van der Waals surface area (Å²) >= 11 is 2.77. The van der Waals surface area contributed by atoms with Crippen LogP contribution in [0.3, 0.4) is 0 Å². The van der Waals surface area contributed by atoms with Crippen molar-refractivity contribution in [2.45, 2.75) is 25.6 Å². The van der Waals surface area contributed by atoms with E-state index < -0.39 is 23.7 Å². The number of aromatic nitrogens is 2. The fourth-order valence-corrected chi connectivity index (χ4v) is 5.89. The Balaban J connectivity index is 1.82. The number of hydrogen-bond acceptors (Lipinski definition) is 8. The molecule has 0 fully saturated rings. The molecule has 0 radical (unpaired) electrons. The number of carbonyl (C=O) groups is 1. The van der Waals surface area contributed by atoms with E-state index >= 15 is 0 Å². The third-order valence-corrected chi connectivity index (χ3v) is 7.24. The van der Waals surface area contributed by atoms with Crippen LogP contribution < -0.4 is 19.6 Å². The second-order valence-electron chi connectivity index (χ2n) is 7.12. The Kier molecular flexibility index (Phi) is 4.01. The molecule has 2 aromatic heterocycles. The predicted octanol–water partition coefficient (Wildman–Crippen LogP) is 1.62. The van der Waals surface area contributed by atoms with E-state index in [-0.39, 0.29) is 5.56 Å². The van der Waals surface area contributed by atoms with Crippen molar-refractivity contribution in [3.05, 3.63) is 65.6 Å². The molecule has 3 unspecified atom stereocenters. The molecule has 2 aliphatic rings. The van der Waals surface area contributed by atoms with E-state index in [1.165, 1.54) is 29.8 Å². The molecule has 0 saturated carbocycles. The number of para-hydroxylation sites is 1. The van der Waals surface area contributed by atoms with Crippen molar-refractivity contribution in [3.8, 4) is 5.75 Å². The van der Waals surface area contributed by atoms with Crippen molar-refractivity contribution in [3.63, 3.8) is 0 Å². The second kappa shape index (κ2) is 6.36. The van der Waals surface area contributed by atoms with Gasteiger partial charge in [0, 0.05) is 5.56 Å². The molecule has 0 amide bonds. The van der Waals surface area contributed by atoms with Crippen LogP contribution in [0.1, 0.15) is 29.1 Å². The Morgan fingerprint density at radius 3 is 2.90 bits per heavy atom. The van der Waals surface area contributed by atoms with Crippen molar-refractivity contribution in [1.82, 2.24) is 9.55 Å². The highest BCUT2D eigenvalue weighted by Gasteiger charge is 2.55. The van der Waals surface area contributed by atoms with E-state index in [1.807, 2.05) is 37.3 Å². The lowest BCUT2D eigenvalue weighted by Gasteiger charge is -2.44. The smallest absolute Gasteiger partial charge is 0.317 e. The summed E-state index contributed by atoms with van der Waals surface area (Å²) in [6.45, 7) is 3.67. The lowest BCUT2D eigenvalue weighted by molar-refractivity contribution is -0.158. The zero-order valence-electron chi connectivity index (χ0n) is 15.9. The van der Waals surface area contributed by atoms with Gasteiger partial charge in [-0.2, -0.15) is 0 Å². The summed E-state index contributed by atoms with van der Waals surface area (Å²) in [5, 5.41) is 0. The highest BCUT2D eigenvalue weighted by Crippen LogP contribution is 2.47. The summed E-state index contributed by atoms with van der Waals surface area (Å²) in [4.78, 5) is 36.5. The molecule has 5 rings (SSSR count). The molecule has 3 aromatic rings. The van der Waals surface area contributed by atoms with E-state index in [2.05, 4.69) is 4.98 Å². The number of nitrogens with zero attached hydrogens (tertiary/aromatic N) is 3. The third kappa shape index (κ3) is 2.61. The topological polar surface area (TPSA) is 82.8 Å². The van der Waals surface area contributed by atoms with Crippen LogP contribution in [0.2, 0.25) is 0 Å². The minimum atomic E-state index is -1.15. The van der Waals surface area contributed by atoms with Crippen molar-refractivity contribution in [2.75, 3.05) is 7.11 Å².